The van der Waals surface area contributed by atoms with Gasteiger partial charge in [-0.3, -0.25) is 0 Å². The monoisotopic (exact) mass is 698 g/mol. The minimum Gasteiger partial charge on any atom is -0.748 e. The van der Waals surface area contributed by atoms with Crippen molar-refractivity contribution in [3.63, 3.8) is 0 Å². The normalized spacial score (nSPS) is 15.2. The van der Waals surface area contributed by atoms with Gasteiger partial charge in [0.1, 0.15) is 4.70 Å². The van der Waals surface area contributed by atoms with Crippen molar-refractivity contribution >= 4 is 88.5 Å². The van der Waals surface area contributed by atoms with E-state index in [1.165, 1.54) is 23.1 Å². The van der Waals surface area contributed by atoms with Crippen LogP contribution in [0.3, 0.4) is 0 Å². The van der Waals surface area contributed by atoms with Crippen LogP contribution in [0.2, 0.25) is 10.0 Å². The van der Waals surface area contributed by atoms with Crippen LogP contribution in [0.25, 0.3) is 16.3 Å². The molecule has 2 aromatic carbocycles. The number of aromatic nitrogens is 1. The standard InChI is InChI=1S/C26H26Cl2N2O6S4.K/c1-18(4-10-25-29(12-2-14-39(31,32)33)21-16-19(27)6-8-23(21)37-25)5-11-26-30(13-3-15-40(34,35)36)22-17-20(28)7-9-24(22)38-26;/h4-11,16-17H,2-3,12-15H2,1H3,(H-,31,32,33,34,35,36);/q;+1/p-1. The molecule has 15 heteroatoms. The van der Waals surface area contributed by atoms with Crippen molar-refractivity contribution in [3.05, 3.63) is 80.3 Å². The van der Waals surface area contributed by atoms with Gasteiger partial charge in [-0.15, -0.1) is 0 Å². The number of allylic oxidation sites excluding steroid dienone is 4. The van der Waals surface area contributed by atoms with Gasteiger partial charge in [-0.25, -0.2) is 16.8 Å². The zero-order valence-electron chi connectivity index (χ0n) is 22.2. The molecule has 0 atom stereocenters. The smallest absolute Gasteiger partial charge is 0.748 e. The fourth-order valence-corrected chi connectivity index (χ4v) is 7.56. The van der Waals surface area contributed by atoms with Gasteiger partial charge in [0.25, 0.3) is 5.01 Å². The molecule has 0 amide bonds. The summed E-state index contributed by atoms with van der Waals surface area (Å²) in [7, 11) is -8.62. The number of halogens is 2. The predicted octanol–water partition coefficient (Wildman–Crippen LogP) is 2.78. The van der Waals surface area contributed by atoms with Gasteiger partial charge in [0, 0.05) is 51.6 Å². The number of hydrogen-bond donors (Lipinski definition) is 0. The van der Waals surface area contributed by atoms with Gasteiger partial charge < -0.3 is 14.0 Å². The molecule has 0 bridgehead atoms. The Balaban J connectivity index is 0.00000462. The second-order valence-electron chi connectivity index (χ2n) is 9.05. The van der Waals surface area contributed by atoms with Gasteiger partial charge in [0.05, 0.1) is 31.0 Å². The van der Waals surface area contributed by atoms with Crippen LogP contribution < -0.4 is 60.9 Å². The molecule has 0 saturated carbocycles. The maximum Gasteiger partial charge on any atom is 1.00 e. The molecule has 0 spiro atoms. The number of aryl methyl sites for hydroxylation is 1. The van der Waals surface area contributed by atoms with Crippen molar-refractivity contribution in [2.24, 2.45) is 0 Å². The van der Waals surface area contributed by atoms with E-state index in [2.05, 4.69) is 0 Å². The zero-order chi connectivity index (χ0) is 29.1. The summed E-state index contributed by atoms with van der Waals surface area (Å²) in [6.45, 7) is 2.63. The number of thioether (sulfide) groups is 1. The van der Waals surface area contributed by atoms with Crippen LogP contribution >= 0.6 is 46.3 Å². The van der Waals surface area contributed by atoms with Gasteiger partial charge in [-0.05, 0) is 49.8 Å². The Morgan fingerprint density at radius 1 is 1.00 bits per heavy atom. The first-order chi connectivity index (χ1) is 18.8. The van der Waals surface area contributed by atoms with E-state index in [1.807, 2.05) is 65.0 Å². The van der Waals surface area contributed by atoms with Gasteiger partial charge in [-0.1, -0.05) is 64.0 Å². The van der Waals surface area contributed by atoms with Crippen LogP contribution in [-0.4, -0.2) is 44.0 Å². The van der Waals surface area contributed by atoms with E-state index in [0.717, 1.165) is 36.4 Å². The third kappa shape index (κ3) is 10.4. The molecular weight excluding hydrogens is 675 g/mol. The molecule has 0 N–H and O–H groups in total. The summed E-state index contributed by atoms with van der Waals surface area (Å²) < 4.78 is 69.6. The van der Waals surface area contributed by atoms with Crippen LogP contribution in [0.4, 0.5) is 5.69 Å². The molecule has 1 aromatic heterocycles. The molecule has 3 aromatic rings. The number of nitrogens with zero attached hydrogens (tertiary/aromatic N) is 2. The maximum atomic E-state index is 11.1. The molecule has 4 rings (SSSR count). The summed E-state index contributed by atoms with van der Waals surface area (Å²) in [4.78, 5) is 2.94. The van der Waals surface area contributed by atoms with E-state index in [4.69, 9.17) is 23.2 Å². The number of hydrogen-bond acceptors (Lipinski definition) is 9. The van der Waals surface area contributed by atoms with Gasteiger partial charge >= 0.3 is 51.4 Å². The molecule has 1 aliphatic heterocycles. The number of anilines is 1. The molecule has 0 aliphatic carbocycles. The first-order valence-corrected chi connectivity index (χ1v) is 17.6. The summed E-state index contributed by atoms with van der Waals surface area (Å²) in [5.41, 5.74) is 2.64. The Kier molecular flexibility index (Phi) is 13.0. The molecule has 0 radical (unpaired) electrons. The van der Waals surface area contributed by atoms with Crippen LogP contribution in [0.15, 0.2) is 70.1 Å². The van der Waals surface area contributed by atoms with Crippen molar-refractivity contribution in [3.8, 4) is 0 Å². The number of fused-ring (bicyclic) bond motifs is 2. The van der Waals surface area contributed by atoms with Gasteiger partial charge in [-0.2, -0.15) is 4.57 Å². The largest absolute Gasteiger partial charge is 1.00 e. The van der Waals surface area contributed by atoms with Gasteiger partial charge in [0.15, 0.2) is 6.54 Å². The Bertz CT molecular complexity index is 1740. The predicted molar refractivity (Wildman–Crippen MR) is 161 cm³/mol. The molecule has 41 heavy (non-hydrogen) atoms. The van der Waals surface area contributed by atoms with E-state index in [1.54, 1.807) is 12.1 Å². The van der Waals surface area contributed by atoms with E-state index < -0.39 is 31.7 Å². The fraction of sp³-hybridized carbons (Fsp3) is 0.269. The summed E-state index contributed by atoms with van der Waals surface area (Å²) in [6, 6.07) is 11.0. The zero-order valence-corrected chi connectivity index (χ0v) is 30.1. The van der Waals surface area contributed by atoms with E-state index >= 15 is 0 Å². The van der Waals surface area contributed by atoms with Crippen LogP contribution in [0, 0.1) is 0 Å². The van der Waals surface area contributed by atoms with Crippen LogP contribution in [0.1, 0.15) is 24.8 Å². The summed E-state index contributed by atoms with van der Waals surface area (Å²) in [5.74, 6) is -0.897. The number of thiazole rings is 1. The molecule has 2 heterocycles. The Hall–Kier alpha value is -0.264. The second kappa shape index (κ2) is 15.1. The number of rotatable bonds is 11. The molecule has 0 fully saturated rings. The van der Waals surface area contributed by atoms with E-state index in [0.29, 0.717) is 23.1 Å². The second-order valence-corrected chi connectivity index (χ2v) is 15.1. The molecule has 8 nitrogen and oxygen atoms in total. The molecule has 214 valence electrons. The molecule has 1 aliphatic rings. The molecular formula is C26H25Cl2KN2O6S4. The Morgan fingerprint density at radius 2 is 1.66 bits per heavy atom. The van der Waals surface area contributed by atoms with E-state index in [9.17, 15) is 25.9 Å². The third-order valence-electron chi connectivity index (χ3n) is 5.91. The van der Waals surface area contributed by atoms with Crippen molar-refractivity contribution < 1.29 is 81.9 Å². The van der Waals surface area contributed by atoms with Gasteiger partial charge in [0.2, 0.25) is 5.52 Å². The van der Waals surface area contributed by atoms with Crippen LogP contribution in [0.5, 0.6) is 0 Å². The average molecular weight is 700 g/mol. The van der Waals surface area contributed by atoms with E-state index in [-0.39, 0.29) is 64.2 Å². The Labute approximate surface area is 301 Å². The summed E-state index contributed by atoms with van der Waals surface area (Å²) >= 11 is 15.5. The van der Waals surface area contributed by atoms with Crippen molar-refractivity contribution in [2.75, 3.05) is 23.0 Å². The minimum atomic E-state index is -4.31. The van der Waals surface area contributed by atoms with Crippen molar-refractivity contribution in [2.45, 2.75) is 31.2 Å². The quantitative estimate of drug-likeness (QED) is 0.130. The fourth-order valence-electron chi connectivity index (χ4n) is 4.12. The number of benzene rings is 2. The molecule has 0 saturated heterocycles. The third-order valence-corrected chi connectivity index (χ3v) is 10.2. The summed E-state index contributed by atoms with van der Waals surface area (Å²) in [6.07, 6.45) is 8.09. The summed E-state index contributed by atoms with van der Waals surface area (Å²) in [5, 5.41) is 2.86. The van der Waals surface area contributed by atoms with Crippen molar-refractivity contribution in [1.29, 1.82) is 0 Å². The maximum absolute atomic E-state index is 11.1. The first-order valence-electron chi connectivity index (χ1n) is 12.1. The van der Waals surface area contributed by atoms with Crippen molar-refractivity contribution in [1.82, 2.24) is 0 Å². The minimum absolute atomic E-state index is 0. The first kappa shape index (κ1) is 35.2. The topological polar surface area (TPSA) is 122 Å². The SMILES string of the molecule is CC(/C=C/c1sc2ccc(Cl)cc2[n+]1CCCS(=O)(=O)[O-])=C\C=C1/Sc2ccc(Cl)cc2N1CCCS(=O)(=O)[O-].[K+]. The molecule has 0 unspecified atom stereocenters. The average Bonchev–Trinajstić information content (AvgIpc) is 3.37. The van der Waals surface area contributed by atoms with Crippen LogP contribution in [-0.2, 0) is 26.8 Å². The Morgan fingerprint density at radius 3 is 2.37 bits per heavy atom.